The minimum atomic E-state index is 0.104. The third kappa shape index (κ3) is 36.3. The summed E-state index contributed by atoms with van der Waals surface area (Å²) in [5, 5.41) is 5.43. The van der Waals surface area contributed by atoms with E-state index < -0.39 is 0 Å². The zero-order chi connectivity index (χ0) is 14.8. The second-order valence-corrected chi connectivity index (χ2v) is 4.02. The fourth-order valence-corrected chi connectivity index (χ4v) is 0.691. The summed E-state index contributed by atoms with van der Waals surface area (Å²) in [6, 6.07) is 0. The van der Waals surface area contributed by atoms with Gasteiger partial charge in [-0.05, 0) is 27.6 Å². The van der Waals surface area contributed by atoms with Crippen LogP contribution < -0.4 is 10.6 Å². The predicted molar refractivity (Wildman–Crippen MR) is 77.8 cm³/mol. The monoisotopic (exact) mass is 261 g/mol. The Kier molecular flexibility index (Phi) is 26.4. The molecule has 110 valence electrons. The molecule has 2 N–H and O–H groups in total. The normalized spacial score (nSPS) is 8.61. The molecule has 0 aliphatic heterocycles. The highest BCUT2D eigenvalue weighted by Crippen LogP contribution is 1.75. The Morgan fingerprint density at radius 1 is 1.22 bits per heavy atom. The van der Waals surface area contributed by atoms with Gasteiger partial charge < -0.3 is 20.3 Å². The van der Waals surface area contributed by atoms with Crippen molar-refractivity contribution < 1.29 is 9.59 Å². The van der Waals surface area contributed by atoms with E-state index in [-0.39, 0.29) is 5.91 Å². The van der Waals surface area contributed by atoms with Crippen LogP contribution in [-0.2, 0) is 9.59 Å². The Balaban J connectivity index is -0.000000235. The molecule has 0 fully saturated rings. The molecule has 0 bridgehead atoms. The summed E-state index contributed by atoms with van der Waals surface area (Å²) in [6.07, 6.45) is 3.07. The Bertz CT molecular complexity index is 174. The summed E-state index contributed by atoms with van der Waals surface area (Å²) < 4.78 is 0. The van der Waals surface area contributed by atoms with Gasteiger partial charge in [0.25, 0.3) is 0 Å². The Morgan fingerprint density at radius 2 is 1.72 bits per heavy atom. The number of aldehydes is 1. The average molecular weight is 261 g/mol. The van der Waals surface area contributed by atoms with Crippen LogP contribution in [0.15, 0.2) is 0 Å². The molecule has 1 amide bonds. The predicted octanol–water partition coefficient (Wildman–Crippen LogP) is 0.895. The lowest BCUT2D eigenvalue weighted by atomic mass is 10.4. The van der Waals surface area contributed by atoms with E-state index in [0.717, 1.165) is 19.3 Å². The highest BCUT2D eigenvalue weighted by molar-refractivity contribution is 5.77. The highest BCUT2D eigenvalue weighted by atomic mass is 16.2. The molecular formula is C13H31N3O2. The van der Waals surface area contributed by atoms with E-state index in [1.807, 2.05) is 25.9 Å². The molecule has 0 saturated heterocycles. The highest BCUT2D eigenvalue weighted by Gasteiger charge is 1.99. The number of carbonyl (C=O) groups excluding carboxylic acids is 2. The standard InChI is InChI=1S/C7H16N2O.C3H7NO.C3H8/c1-4-5-8-7(10)6-9(2)3;1-4-2-3-5;1-3-2/h4-6H2,1-3H3,(H,8,10);3-4H,2H2,1H3;3H2,1-2H3. The van der Waals surface area contributed by atoms with Crippen molar-refractivity contribution in [3.8, 4) is 0 Å². The van der Waals surface area contributed by atoms with Crippen molar-refractivity contribution >= 4 is 12.2 Å². The summed E-state index contributed by atoms with van der Waals surface area (Å²) in [4.78, 5) is 22.1. The van der Waals surface area contributed by atoms with E-state index in [9.17, 15) is 9.59 Å². The maximum Gasteiger partial charge on any atom is 0.234 e. The summed E-state index contributed by atoms with van der Waals surface area (Å²) in [5.74, 6) is 0.104. The summed E-state index contributed by atoms with van der Waals surface area (Å²) in [5.41, 5.74) is 0. The van der Waals surface area contributed by atoms with Gasteiger partial charge in [0.2, 0.25) is 5.91 Å². The maximum atomic E-state index is 10.9. The SMILES string of the molecule is CCC.CCCNC(=O)CN(C)C.CNCC=O. The Hall–Kier alpha value is -0.940. The van der Waals surface area contributed by atoms with Crippen molar-refractivity contribution in [3.63, 3.8) is 0 Å². The number of likely N-dealkylation sites (N-methyl/N-ethyl adjacent to an activating group) is 2. The van der Waals surface area contributed by atoms with Crippen molar-refractivity contribution in [1.82, 2.24) is 15.5 Å². The molecule has 0 rings (SSSR count). The summed E-state index contributed by atoms with van der Waals surface area (Å²) in [7, 11) is 5.49. The van der Waals surface area contributed by atoms with E-state index in [1.165, 1.54) is 6.42 Å². The molecule has 0 radical (unpaired) electrons. The quantitative estimate of drug-likeness (QED) is 0.697. The van der Waals surface area contributed by atoms with Crippen LogP contribution in [0.1, 0.15) is 33.6 Å². The molecule has 5 nitrogen and oxygen atoms in total. The molecule has 0 aromatic heterocycles. The number of amides is 1. The fraction of sp³-hybridized carbons (Fsp3) is 0.846. The van der Waals surface area contributed by atoms with Gasteiger partial charge >= 0.3 is 0 Å². The third-order valence-electron chi connectivity index (χ3n) is 1.32. The molecule has 0 saturated carbocycles. The Labute approximate surface area is 112 Å². The number of carbonyl (C=O) groups is 2. The first-order valence-electron chi connectivity index (χ1n) is 6.49. The van der Waals surface area contributed by atoms with Gasteiger partial charge in [0.15, 0.2) is 0 Å². The first kappa shape index (κ1) is 22.3. The van der Waals surface area contributed by atoms with Gasteiger partial charge in [0, 0.05) is 6.54 Å². The number of hydrogen-bond acceptors (Lipinski definition) is 4. The smallest absolute Gasteiger partial charge is 0.234 e. The molecular weight excluding hydrogens is 230 g/mol. The van der Waals surface area contributed by atoms with Crippen LogP contribution in [0.25, 0.3) is 0 Å². The van der Waals surface area contributed by atoms with E-state index in [0.29, 0.717) is 13.1 Å². The number of nitrogens with zero attached hydrogens (tertiary/aromatic N) is 1. The minimum absolute atomic E-state index is 0.104. The number of rotatable bonds is 6. The van der Waals surface area contributed by atoms with Gasteiger partial charge in [-0.1, -0.05) is 27.2 Å². The van der Waals surface area contributed by atoms with E-state index >= 15 is 0 Å². The van der Waals surface area contributed by atoms with E-state index in [4.69, 9.17) is 0 Å². The van der Waals surface area contributed by atoms with Crippen LogP contribution in [0.2, 0.25) is 0 Å². The molecule has 0 aromatic rings. The van der Waals surface area contributed by atoms with Crippen LogP contribution in [0.4, 0.5) is 0 Å². The zero-order valence-electron chi connectivity index (χ0n) is 12.9. The van der Waals surface area contributed by atoms with Gasteiger partial charge in [0.1, 0.15) is 6.29 Å². The molecule has 5 heteroatoms. The van der Waals surface area contributed by atoms with Crippen molar-refractivity contribution in [2.45, 2.75) is 33.6 Å². The van der Waals surface area contributed by atoms with Crippen molar-refractivity contribution in [1.29, 1.82) is 0 Å². The summed E-state index contributed by atoms with van der Waals surface area (Å²) >= 11 is 0. The molecule has 0 spiro atoms. The molecule has 0 aliphatic rings. The van der Waals surface area contributed by atoms with Crippen molar-refractivity contribution in [2.75, 3.05) is 40.8 Å². The molecule has 0 atom stereocenters. The van der Waals surface area contributed by atoms with Crippen LogP contribution in [-0.4, -0.2) is 57.9 Å². The Morgan fingerprint density at radius 3 is 1.94 bits per heavy atom. The van der Waals surface area contributed by atoms with Gasteiger partial charge in [-0.2, -0.15) is 0 Å². The number of hydrogen-bond donors (Lipinski definition) is 2. The van der Waals surface area contributed by atoms with Crippen LogP contribution in [0.5, 0.6) is 0 Å². The van der Waals surface area contributed by atoms with Gasteiger partial charge in [-0.25, -0.2) is 0 Å². The topological polar surface area (TPSA) is 61.4 Å². The van der Waals surface area contributed by atoms with Gasteiger partial charge in [-0.3, -0.25) is 4.79 Å². The number of nitrogens with one attached hydrogen (secondary N) is 2. The lowest BCUT2D eigenvalue weighted by Gasteiger charge is -2.08. The van der Waals surface area contributed by atoms with E-state index in [1.54, 1.807) is 7.05 Å². The molecule has 0 heterocycles. The van der Waals surface area contributed by atoms with Crippen LogP contribution in [0.3, 0.4) is 0 Å². The van der Waals surface area contributed by atoms with Gasteiger partial charge in [-0.15, -0.1) is 0 Å². The fourth-order valence-electron chi connectivity index (χ4n) is 0.691. The third-order valence-corrected chi connectivity index (χ3v) is 1.32. The van der Waals surface area contributed by atoms with Crippen LogP contribution in [0, 0.1) is 0 Å². The lowest BCUT2D eigenvalue weighted by Crippen LogP contribution is -2.33. The molecule has 18 heavy (non-hydrogen) atoms. The van der Waals surface area contributed by atoms with Crippen molar-refractivity contribution in [3.05, 3.63) is 0 Å². The molecule has 0 aliphatic carbocycles. The van der Waals surface area contributed by atoms with E-state index in [2.05, 4.69) is 24.5 Å². The molecule has 0 unspecified atom stereocenters. The molecule has 0 aromatic carbocycles. The average Bonchev–Trinajstić information content (AvgIpc) is 2.28. The first-order valence-corrected chi connectivity index (χ1v) is 6.49. The van der Waals surface area contributed by atoms with Crippen molar-refractivity contribution in [2.24, 2.45) is 0 Å². The maximum absolute atomic E-state index is 10.9. The lowest BCUT2D eigenvalue weighted by molar-refractivity contribution is -0.121. The first-order chi connectivity index (χ1) is 8.49. The van der Waals surface area contributed by atoms with Gasteiger partial charge in [0.05, 0.1) is 13.1 Å². The second kappa shape index (κ2) is 21.4. The second-order valence-electron chi connectivity index (χ2n) is 4.02. The zero-order valence-corrected chi connectivity index (χ0v) is 12.9. The summed E-state index contributed by atoms with van der Waals surface area (Å²) in [6.45, 7) is 8.02. The largest absolute Gasteiger partial charge is 0.355 e. The minimum Gasteiger partial charge on any atom is -0.355 e. The van der Waals surface area contributed by atoms with Crippen LogP contribution >= 0.6 is 0 Å².